The molecule has 0 bridgehead atoms. The normalized spacial score (nSPS) is 11.4. The SMILES string of the molecule is CCn1c(SCCCCNC(=O)c2cccc(C(F)(F)F)c2)nc(-c2ccc(OC)cc2)c1-c1ccc(OC)cc1. The van der Waals surface area contributed by atoms with Gasteiger partial charge in [0.2, 0.25) is 0 Å². The lowest BCUT2D eigenvalue weighted by Gasteiger charge is -2.12. The summed E-state index contributed by atoms with van der Waals surface area (Å²) in [4.78, 5) is 17.4. The zero-order chi connectivity index (χ0) is 29.4. The van der Waals surface area contributed by atoms with Gasteiger partial charge in [-0.25, -0.2) is 4.98 Å². The molecule has 216 valence electrons. The minimum atomic E-state index is -4.49. The van der Waals surface area contributed by atoms with Gasteiger partial charge >= 0.3 is 6.18 Å². The van der Waals surface area contributed by atoms with Crippen molar-refractivity contribution in [3.05, 3.63) is 83.9 Å². The summed E-state index contributed by atoms with van der Waals surface area (Å²) in [5, 5.41) is 3.60. The maximum atomic E-state index is 12.9. The number of benzene rings is 3. The van der Waals surface area contributed by atoms with E-state index in [0.29, 0.717) is 13.0 Å². The van der Waals surface area contributed by atoms with Crippen LogP contribution in [0.3, 0.4) is 0 Å². The highest BCUT2D eigenvalue weighted by Crippen LogP contribution is 2.37. The van der Waals surface area contributed by atoms with E-state index >= 15 is 0 Å². The molecule has 0 unspecified atom stereocenters. The van der Waals surface area contributed by atoms with Crippen LogP contribution in [0.25, 0.3) is 22.5 Å². The Morgan fingerprint density at radius 1 is 0.927 bits per heavy atom. The average Bonchev–Trinajstić information content (AvgIpc) is 3.36. The van der Waals surface area contributed by atoms with E-state index in [9.17, 15) is 18.0 Å². The third-order valence-electron chi connectivity index (χ3n) is 6.52. The molecule has 0 atom stereocenters. The molecule has 0 fully saturated rings. The lowest BCUT2D eigenvalue weighted by atomic mass is 10.0. The van der Waals surface area contributed by atoms with Gasteiger partial charge in [0, 0.05) is 35.5 Å². The van der Waals surface area contributed by atoms with Crippen LogP contribution in [0.4, 0.5) is 13.2 Å². The lowest BCUT2D eigenvalue weighted by Crippen LogP contribution is -2.24. The fourth-order valence-corrected chi connectivity index (χ4v) is 5.42. The molecule has 6 nitrogen and oxygen atoms in total. The molecular weight excluding hydrogens is 551 g/mol. The third kappa shape index (κ3) is 7.43. The van der Waals surface area contributed by atoms with Gasteiger partial charge < -0.3 is 19.4 Å². The molecule has 41 heavy (non-hydrogen) atoms. The van der Waals surface area contributed by atoms with Crippen molar-refractivity contribution in [3.8, 4) is 34.0 Å². The second kappa shape index (κ2) is 13.6. The number of amides is 1. The molecule has 0 aliphatic heterocycles. The Morgan fingerprint density at radius 3 is 2.15 bits per heavy atom. The van der Waals surface area contributed by atoms with Gasteiger partial charge in [0.05, 0.1) is 31.2 Å². The molecule has 10 heteroatoms. The highest BCUT2D eigenvalue weighted by atomic mass is 32.2. The molecule has 0 aliphatic rings. The van der Waals surface area contributed by atoms with Gasteiger partial charge in [0.1, 0.15) is 11.5 Å². The van der Waals surface area contributed by atoms with Gasteiger partial charge in [-0.15, -0.1) is 0 Å². The van der Waals surface area contributed by atoms with Crippen molar-refractivity contribution in [2.75, 3.05) is 26.5 Å². The van der Waals surface area contributed by atoms with Crippen molar-refractivity contribution in [2.45, 2.75) is 37.6 Å². The standard InChI is InChI=1S/C31H32F3N3O3S/c1-4-37-28(22-12-16-26(40-3)17-13-22)27(21-10-14-25(39-2)15-11-21)36-30(37)41-19-6-5-18-35-29(38)23-8-7-9-24(20-23)31(32,33)34/h7-17,20H,4-6,18-19H2,1-3H3,(H,35,38). The lowest BCUT2D eigenvalue weighted by molar-refractivity contribution is -0.137. The van der Waals surface area contributed by atoms with Crippen molar-refractivity contribution in [3.63, 3.8) is 0 Å². The number of ether oxygens (including phenoxy) is 2. The number of carbonyl (C=O) groups excluding carboxylic acids is 1. The van der Waals surface area contributed by atoms with Crippen LogP contribution in [0.2, 0.25) is 0 Å². The number of thioether (sulfide) groups is 1. The number of imidazole rings is 1. The Morgan fingerprint density at radius 2 is 1.56 bits per heavy atom. The predicted octanol–water partition coefficient (Wildman–Crippen LogP) is 7.58. The van der Waals surface area contributed by atoms with Crippen LogP contribution in [-0.4, -0.2) is 42.0 Å². The summed E-state index contributed by atoms with van der Waals surface area (Å²) < 4.78 is 51.7. The Bertz CT molecular complexity index is 1450. The molecule has 3 aromatic carbocycles. The van der Waals surface area contributed by atoms with Crippen LogP contribution >= 0.6 is 11.8 Å². The zero-order valence-electron chi connectivity index (χ0n) is 23.1. The minimum Gasteiger partial charge on any atom is -0.497 e. The molecular formula is C31H32F3N3O3S. The monoisotopic (exact) mass is 583 g/mol. The summed E-state index contributed by atoms with van der Waals surface area (Å²) in [5.74, 6) is 1.79. The number of methoxy groups -OCH3 is 2. The molecule has 0 saturated carbocycles. The van der Waals surface area contributed by atoms with E-state index in [4.69, 9.17) is 14.5 Å². The van der Waals surface area contributed by atoms with Crippen molar-refractivity contribution in [2.24, 2.45) is 0 Å². The van der Waals surface area contributed by atoms with Gasteiger partial charge in [-0.2, -0.15) is 13.2 Å². The van der Waals surface area contributed by atoms with E-state index in [1.807, 2.05) is 48.5 Å². The topological polar surface area (TPSA) is 65.4 Å². The number of nitrogens with zero attached hydrogens (tertiary/aromatic N) is 2. The van der Waals surface area contributed by atoms with Gasteiger partial charge in [-0.3, -0.25) is 4.79 Å². The Kier molecular flexibility index (Phi) is 9.99. The molecule has 1 N–H and O–H groups in total. The van der Waals surface area contributed by atoms with E-state index in [1.54, 1.807) is 26.0 Å². The maximum Gasteiger partial charge on any atom is 0.416 e. The van der Waals surface area contributed by atoms with Crippen LogP contribution in [0, 0.1) is 0 Å². The van der Waals surface area contributed by atoms with E-state index in [1.165, 1.54) is 12.1 Å². The molecule has 4 rings (SSSR count). The number of alkyl halides is 3. The Balaban J connectivity index is 1.43. The average molecular weight is 584 g/mol. The van der Waals surface area contributed by atoms with E-state index in [-0.39, 0.29) is 5.56 Å². The van der Waals surface area contributed by atoms with E-state index < -0.39 is 17.6 Å². The molecule has 4 aromatic rings. The van der Waals surface area contributed by atoms with E-state index in [0.717, 1.165) is 70.0 Å². The van der Waals surface area contributed by atoms with Crippen LogP contribution in [0.5, 0.6) is 11.5 Å². The highest BCUT2D eigenvalue weighted by Gasteiger charge is 2.30. The molecule has 0 aliphatic carbocycles. The molecule has 1 amide bonds. The van der Waals surface area contributed by atoms with Gasteiger partial charge in [-0.05, 0) is 86.5 Å². The predicted molar refractivity (Wildman–Crippen MR) is 156 cm³/mol. The largest absolute Gasteiger partial charge is 0.497 e. The Labute approximate surface area is 241 Å². The highest BCUT2D eigenvalue weighted by molar-refractivity contribution is 7.99. The second-order valence-corrected chi connectivity index (χ2v) is 10.2. The first-order valence-corrected chi connectivity index (χ1v) is 14.2. The summed E-state index contributed by atoms with van der Waals surface area (Å²) in [7, 11) is 3.27. The summed E-state index contributed by atoms with van der Waals surface area (Å²) in [5.41, 5.74) is 3.04. The number of aromatic nitrogens is 2. The summed E-state index contributed by atoms with van der Waals surface area (Å²) in [6.45, 7) is 3.17. The Hall–Kier alpha value is -3.92. The van der Waals surface area contributed by atoms with Crippen molar-refractivity contribution < 1.29 is 27.4 Å². The fraction of sp³-hybridized carbons (Fsp3) is 0.290. The van der Waals surface area contributed by atoms with Crippen LogP contribution in [0.15, 0.2) is 78.0 Å². The summed E-state index contributed by atoms with van der Waals surface area (Å²) in [6, 6.07) is 20.2. The molecule has 1 aromatic heterocycles. The molecule has 0 radical (unpaired) electrons. The third-order valence-corrected chi connectivity index (χ3v) is 7.58. The summed E-state index contributed by atoms with van der Waals surface area (Å²) in [6.07, 6.45) is -3.01. The summed E-state index contributed by atoms with van der Waals surface area (Å²) >= 11 is 1.64. The number of halogens is 3. The van der Waals surface area contributed by atoms with Gasteiger partial charge in [0.15, 0.2) is 5.16 Å². The first kappa shape index (κ1) is 30.0. The minimum absolute atomic E-state index is 0.00343. The van der Waals surface area contributed by atoms with Crippen LogP contribution < -0.4 is 14.8 Å². The zero-order valence-corrected chi connectivity index (χ0v) is 23.9. The quantitative estimate of drug-likeness (QED) is 0.138. The number of unbranched alkanes of at least 4 members (excludes halogenated alkanes) is 1. The maximum absolute atomic E-state index is 12.9. The molecule has 0 spiro atoms. The van der Waals surface area contributed by atoms with Crippen molar-refractivity contribution in [1.82, 2.24) is 14.9 Å². The first-order valence-electron chi connectivity index (χ1n) is 13.2. The van der Waals surface area contributed by atoms with Gasteiger partial charge in [0.25, 0.3) is 5.91 Å². The van der Waals surface area contributed by atoms with E-state index in [2.05, 4.69) is 16.8 Å². The van der Waals surface area contributed by atoms with Crippen molar-refractivity contribution >= 4 is 17.7 Å². The van der Waals surface area contributed by atoms with Crippen molar-refractivity contribution in [1.29, 1.82) is 0 Å². The smallest absolute Gasteiger partial charge is 0.416 e. The van der Waals surface area contributed by atoms with Crippen LogP contribution in [0.1, 0.15) is 35.7 Å². The number of nitrogens with one attached hydrogen (secondary N) is 1. The number of hydrogen-bond acceptors (Lipinski definition) is 5. The molecule has 1 heterocycles. The van der Waals surface area contributed by atoms with Crippen LogP contribution in [-0.2, 0) is 12.7 Å². The second-order valence-electron chi connectivity index (χ2n) is 9.18. The fourth-order valence-electron chi connectivity index (χ4n) is 4.36. The number of carbonyl (C=O) groups is 1. The number of rotatable bonds is 12. The molecule has 0 saturated heterocycles. The first-order chi connectivity index (χ1) is 19.7. The van der Waals surface area contributed by atoms with Gasteiger partial charge in [-0.1, -0.05) is 17.8 Å². The number of hydrogen-bond donors (Lipinski definition) is 1.